The first-order valence-corrected chi connectivity index (χ1v) is 10.9. The summed E-state index contributed by atoms with van der Waals surface area (Å²) in [6, 6.07) is 24.0. The van der Waals surface area contributed by atoms with Crippen LogP contribution in [0.15, 0.2) is 72.8 Å². The number of benzene rings is 3. The van der Waals surface area contributed by atoms with E-state index in [-0.39, 0.29) is 5.91 Å². The fourth-order valence-corrected chi connectivity index (χ4v) is 4.04. The van der Waals surface area contributed by atoms with Crippen molar-refractivity contribution in [1.29, 1.82) is 0 Å². The van der Waals surface area contributed by atoms with Crippen molar-refractivity contribution >= 4 is 22.6 Å². The summed E-state index contributed by atoms with van der Waals surface area (Å²) >= 11 is 0. The molecule has 6 heteroatoms. The molecule has 5 rings (SSSR count). The van der Waals surface area contributed by atoms with E-state index in [1.165, 1.54) is 5.56 Å². The molecule has 0 fully saturated rings. The minimum Gasteiger partial charge on any atom is -0.338 e. The minimum atomic E-state index is -0.156. The maximum absolute atomic E-state index is 13.1. The van der Waals surface area contributed by atoms with Crippen molar-refractivity contribution in [3.8, 4) is 11.4 Å². The number of para-hydroxylation sites is 2. The highest BCUT2D eigenvalue weighted by Crippen LogP contribution is 2.23. The van der Waals surface area contributed by atoms with Crippen LogP contribution in [0.3, 0.4) is 0 Å². The Kier molecular flexibility index (Phi) is 5.26. The van der Waals surface area contributed by atoms with Crippen LogP contribution in [-0.4, -0.2) is 25.7 Å². The van der Waals surface area contributed by atoms with Crippen molar-refractivity contribution in [2.75, 3.05) is 5.32 Å². The van der Waals surface area contributed by atoms with Gasteiger partial charge in [0.2, 0.25) is 0 Å². The molecule has 0 aliphatic heterocycles. The SMILES string of the molecule is Cc1ccc(Cn2nc(C)c(C(=O)Nc3ccc(-c4nc5ccccc5[nH]4)cc3)c2C)cc1. The summed E-state index contributed by atoms with van der Waals surface area (Å²) in [7, 11) is 0. The largest absolute Gasteiger partial charge is 0.338 e. The van der Waals surface area contributed by atoms with E-state index >= 15 is 0 Å². The number of anilines is 1. The van der Waals surface area contributed by atoms with Crippen molar-refractivity contribution in [1.82, 2.24) is 19.7 Å². The van der Waals surface area contributed by atoms with E-state index in [2.05, 4.69) is 51.6 Å². The molecule has 2 N–H and O–H groups in total. The van der Waals surface area contributed by atoms with Gasteiger partial charge in [0.05, 0.1) is 28.8 Å². The zero-order valence-electron chi connectivity index (χ0n) is 18.9. The topological polar surface area (TPSA) is 75.6 Å². The van der Waals surface area contributed by atoms with Gasteiger partial charge in [0.1, 0.15) is 5.82 Å². The van der Waals surface area contributed by atoms with Crippen molar-refractivity contribution < 1.29 is 4.79 Å². The lowest BCUT2D eigenvalue weighted by molar-refractivity contribution is 0.102. The highest BCUT2D eigenvalue weighted by atomic mass is 16.1. The summed E-state index contributed by atoms with van der Waals surface area (Å²) in [5.41, 5.74) is 8.17. The van der Waals surface area contributed by atoms with E-state index < -0.39 is 0 Å². The molecule has 0 aliphatic carbocycles. The van der Waals surface area contributed by atoms with Crippen LogP contribution < -0.4 is 5.32 Å². The summed E-state index contributed by atoms with van der Waals surface area (Å²) in [6.45, 7) is 6.51. The number of fused-ring (bicyclic) bond motifs is 1. The molecule has 3 aromatic carbocycles. The molecule has 0 unspecified atom stereocenters. The van der Waals surface area contributed by atoms with Gasteiger partial charge in [0.15, 0.2) is 0 Å². The molecular formula is C27H25N5O. The zero-order chi connectivity index (χ0) is 22.9. The molecular weight excluding hydrogens is 410 g/mol. The molecule has 5 aromatic rings. The molecule has 0 aliphatic rings. The van der Waals surface area contributed by atoms with Crippen molar-refractivity contribution in [3.05, 3.63) is 101 Å². The van der Waals surface area contributed by atoms with Gasteiger partial charge in [-0.1, -0.05) is 42.0 Å². The molecule has 0 bridgehead atoms. The van der Waals surface area contributed by atoms with Gasteiger partial charge in [0, 0.05) is 16.9 Å². The van der Waals surface area contributed by atoms with Crippen LogP contribution in [0.4, 0.5) is 5.69 Å². The van der Waals surface area contributed by atoms with E-state index in [1.54, 1.807) is 0 Å². The number of nitrogens with zero attached hydrogens (tertiary/aromatic N) is 3. The molecule has 6 nitrogen and oxygen atoms in total. The number of imidazole rings is 1. The molecule has 2 heterocycles. The van der Waals surface area contributed by atoms with E-state index in [1.807, 2.05) is 67.1 Å². The van der Waals surface area contributed by atoms with Gasteiger partial charge >= 0.3 is 0 Å². The minimum absolute atomic E-state index is 0.156. The van der Waals surface area contributed by atoms with Gasteiger partial charge in [-0.3, -0.25) is 9.48 Å². The number of aryl methyl sites for hydroxylation is 2. The van der Waals surface area contributed by atoms with Crippen molar-refractivity contribution in [2.45, 2.75) is 27.3 Å². The van der Waals surface area contributed by atoms with Crippen molar-refractivity contribution in [2.24, 2.45) is 0 Å². The number of aromatic amines is 1. The van der Waals surface area contributed by atoms with Gasteiger partial charge in [0.25, 0.3) is 5.91 Å². The van der Waals surface area contributed by atoms with Crippen LogP contribution in [0, 0.1) is 20.8 Å². The normalized spacial score (nSPS) is 11.1. The third kappa shape index (κ3) is 4.15. The second kappa shape index (κ2) is 8.39. The van der Waals surface area contributed by atoms with E-state index in [4.69, 9.17) is 0 Å². The molecule has 0 atom stereocenters. The molecule has 164 valence electrons. The number of hydrogen-bond acceptors (Lipinski definition) is 3. The standard InChI is InChI=1S/C27H25N5O/c1-17-8-10-20(11-9-17)16-32-19(3)25(18(2)31-32)27(33)28-22-14-12-21(13-15-22)26-29-23-6-4-5-7-24(23)30-26/h4-15H,16H2,1-3H3,(H,28,33)(H,29,30). The number of H-pyrrole nitrogens is 1. The molecule has 33 heavy (non-hydrogen) atoms. The van der Waals surface area contributed by atoms with Gasteiger partial charge in [-0.15, -0.1) is 0 Å². The number of nitrogens with one attached hydrogen (secondary N) is 2. The first kappa shape index (κ1) is 20.7. The quantitative estimate of drug-likeness (QED) is 0.374. The highest BCUT2D eigenvalue weighted by Gasteiger charge is 2.19. The van der Waals surface area contributed by atoms with Gasteiger partial charge in [-0.25, -0.2) is 4.98 Å². The smallest absolute Gasteiger partial charge is 0.259 e. The number of rotatable bonds is 5. The second-order valence-electron chi connectivity index (χ2n) is 8.32. The summed E-state index contributed by atoms with van der Waals surface area (Å²) in [5, 5.41) is 7.62. The molecule has 0 saturated heterocycles. The summed E-state index contributed by atoms with van der Waals surface area (Å²) in [5.74, 6) is 0.648. The van der Waals surface area contributed by atoms with Gasteiger partial charge in [-0.05, 0) is 62.7 Å². The monoisotopic (exact) mass is 435 g/mol. The average molecular weight is 436 g/mol. The maximum Gasteiger partial charge on any atom is 0.259 e. The van der Waals surface area contributed by atoms with Gasteiger partial charge < -0.3 is 10.3 Å². The lowest BCUT2D eigenvalue weighted by Gasteiger charge is -2.08. The first-order valence-electron chi connectivity index (χ1n) is 10.9. The molecule has 0 saturated carbocycles. The number of carbonyl (C=O) groups is 1. The Morgan fingerprint density at radius 1 is 0.939 bits per heavy atom. The fourth-order valence-electron chi connectivity index (χ4n) is 4.04. The predicted molar refractivity (Wildman–Crippen MR) is 131 cm³/mol. The van der Waals surface area contributed by atoms with E-state index in [0.29, 0.717) is 12.1 Å². The Morgan fingerprint density at radius 3 is 2.39 bits per heavy atom. The molecule has 2 aromatic heterocycles. The first-order chi connectivity index (χ1) is 16.0. The Labute approximate surface area is 192 Å². The fraction of sp³-hybridized carbons (Fsp3) is 0.148. The Hall–Kier alpha value is -4.19. The average Bonchev–Trinajstić information content (AvgIpc) is 3.36. The van der Waals surface area contributed by atoms with Crippen LogP contribution in [0.5, 0.6) is 0 Å². The van der Waals surface area contributed by atoms with E-state index in [0.717, 1.165) is 45.1 Å². The van der Waals surface area contributed by atoms with Crippen LogP contribution in [0.1, 0.15) is 32.9 Å². The van der Waals surface area contributed by atoms with Crippen LogP contribution in [0.25, 0.3) is 22.4 Å². The molecule has 0 spiro atoms. The van der Waals surface area contributed by atoms with Gasteiger partial charge in [-0.2, -0.15) is 5.10 Å². The van der Waals surface area contributed by atoms with Crippen LogP contribution >= 0.6 is 0 Å². The predicted octanol–water partition coefficient (Wildman–Crippen LogP) is 5.65. The highest BCUT2D eigenvalue weighted by molar-refractivity contribution is 6.06. The van der Waals surface area contributed by atoms with E-state index in [9.17, 15) is 4.79 Å². The number of hydrogen-bond donors (Lipinski definition) is 2. The molecule has 1 amide bonds. The second-order valence-corrected chi connectivity index (χ2v) is 8.32. The zero-order valence-corrected chi connectivity index (χ0v) is 18.9. The van der Waals surface area contributed by atoms with Crippen LogP contribution in [-0.2, 0) is 6.54 Å². The lowest BCUT2D eigenvalue weighted by Crippen LogP contribution is -2.14. The number of aromatic nitrogens is 4. The third-order valence-electron chi connectivity index (χ3n) is 5.87. The third-order valence-corrected chi connectivity index (χ3v) is 5.87. The summed E-state index contributed by atoms with van der Waals surface area (Å²) < 4.78 is 1.89. The Morgan fingerprint density at radius 2 is 1.67 bits per heavy atom. The Bertz CT molecular complexity index is 1410. The summed E-state index contributed by atoms with van der Waals surface area (Å²) in [6.07, 6.45) is 0. The Balaban J connectivity index is 1.33. The maximum atomic E-state index is 13.1. The number of amides is 1. The van der Waals surface area contributed by atoms with Crippen molar-refractivity contribution in [3.63, 3.8) is 0 Å². The lowest BCUT2D eigenvalue weighted by atomic mass is 10.1. The van der Waals surface area contributed by atoms with Crippen LogP contribution in [0.2, 0.25) is 0 Å². The molecule has 0 radical (unpaired) electrons. The number of carbonyl (C=O) groups excluding carboxylic acids is 1. The summed E-state index contributed by atoms with van der Waals surface area (Å²) in [4.78, 5) is 21.0.